The first kappa shape index (κ1) is 22.0. The van der Waals surface area contributed by atoms with Gasteiger partial charge >= 0.3 is 0 Å². The standard InChI is InChI=1S/C23H23ClN2O3S/c1-30-14-13-20(26-22(27)17-5-3-2-4-6-17)23(28)25-15-19-11-12-21(29-19)16-7-9-18(24)10-8-16/h2-12,20H,13-15H2,1H3,(H,25,28)(H,26,27)/t20-/m0/s1. The van der Waals surface area contributed by atoms with E-state index in [0.29, 0.717) is 28.5 Å². The number of amides is 2. The molecule has 2 aromatic carbocycles. The summed E-state index contributed by atoms with van der Waals surface area (Å²) in [6, 6.07) is 19.3. The molecule has 0 spiro atoms. The van der Waals surface area contributed by atoms with E-state index in [1.54, 1.807) is 48.2 Å². The van der Waals surface area contributed by atoms with Gasteiger partial charge in [-0.1, -0.05) is 29.8 Å². The zero-order valence-electron chi connectivity index (χ0n) is 16.6. The molecule has 2 amide bonds. The summed E-state index contributed by atoms with van der Waals surface area (Å²) >= 11 is 7.55. The SMILES string of the molecule is CSCC[C@H](NC(=O)c1ccccc1)C(=O)NCc1ccc(-c2ccc(Cl)cc2)o1. The zero-order valence-corrected chi connectivity index (χ0v) is 18.1. The van der Waals surface area contributed by atoms with Gasteiger partial charge in [-0.05, 0) is 67.0 Å². The smallest absolute Gasteiger partial charge is 0.251 e. The highest BCUT2D eigenvalue weighted by Crippen LogP contribution is 2.23. The average molecular weight is 443 g/mol. The second kappa shape index (κ2) is 10.9. The molecular formula is C23H23ClN2O3S. The fourth-order valence-electron chi connectivity index (χ4n) is 2.88. The van der Waals surface area contributed by atoms with Gasteiger partial charge in [0.2, 0.25) is 5.91 Å². The van der Waals surface area contributed by atoms with Crippen LogP contribution < -0.4 is 10.6 Å². The molecule has 0 bridgehead atoms. The molecule has 1 heterocycles. The van der Waals surface area contributed by atoms with Crippen LogP contribution in [0.1, 0.15) is 22.5 Å². The summed E-state index contributed by atoms with van der Waals surface area (Å²) in [7, 11) is 0. The van der Waals surface area contributed by atoms with Crippen LogP contribution in [0.3, 0.4) is 0 Å². The van der Waals surface area contributed by atoms with Gasteiger partial charge in [-0.15, -0.1) is 0 Å². The second-order valence-corrected chi connectivity index (χ2v) is 8.09. The van der Waals surface area contributed by atoms with Crippen molar-refractivity contribution < 1.29 is 14.0 Å². The molecule has 0 aliphatic heterocycles. The maximum atomic E-state index is 12.7. The molecule has 5 nitrogen and oxygen atoms in total. The minimum absolute atomic E-state index is 0.238. The molecule has 7 heteroatoms. The van der Waals surface area contributed by atoms with Crippen LogP contribution in [0, 0.1) is 0 Å². The monoisotopic (exact) mass is 442 g/mol. The van der Waals surface area contributed by atoms with E-state index in [1.807, 2.05) is 36.6 Å². The minimum atomic E-state index is -0.615. The normalized spacial score (nSPS) is 11.7. The molecule has 3 aromatic rings. The highest BCUT2D eigenvalue weighted by Gasteiger charge is 2.21. The van der Waals surface area contributed by atoms with Gasteiger partial charge in [0, 0.05) is 16.1 Å². The lowest BCUT2D eigenvalue weighted by atomic mass is 10.1. The van der Waals surface area contributed by atoms with Crippen molar-refractivity contribution in [1.29, 1.82) is 0 Å². The van der Waals surface area contributed by atoms with Crippen LogP contribution in [0.5, 0.6) is 0 Å². The molecule has 0 saturated heterocycles. The number of halogens is 1. The average Bonchev–Trinajstić information content (AvgIpc) is 3.25. The van der Waals surface area contributed by atoms with Crippen molar-refractivity contribution in [3.63, 3.8) is 0 Å². The Kier molecular flexibility index (Phi) is 7.99. The predicted molar refractivity (Wildman–Crippen MR) is 122 cm³/mol. The van der Waals surface area contributed by atoms with Crippen molar-refractivity contribution in [2.45, 2.75) is 19.0 Å². The van der Waals surface area contributed by atoms with Crippen LogP contribution in [-0.2, 0) is 11.3 Å². The lowest BCUT2D eigenvalue weighted by Gasteiger charge is -2.18. The molecule has 1 aromatic heterocycles. The summed E-state index contributed by atoms with van der Waals surface area (Å²) in [5, 5.41) is 6.35. The fourth-order valence-corrected chi connectivity index (χ4v) is 3.47. The number of furan rings is 1. The molecule has 3 rings (SSSR count). The van der Waals surface area contributed by atoms with E-state index in [2.05, 4.69) is 10.6 Å². The molecule has 156 valence electrons. The van der Waals surface area contributed by atoms with Crippen molar-refractivity contribution >= 4 is 35.2 Å². The van der Waals surface area contributed by atoms with E-state index >= 15 is 0 Å². The summed E-state index contributed by atoms with van der Waals surface area (Å²) in [6.07, 6.45) is 2.51. The third-order valence-corrected chi connectivity index (χ3v) is 5.39. The zero-order chi connectivity index (χ0) is 21.3. The largest absolute Gasteiger partial charge is 0.459 e. The highest BCUT2D eigenvalue weighted by molar-refractivity contribution is 7.98. The molecule has 0 radical (unpaired) electrons. The van der Waals surface area contributed by atoms with E-state index in [1.165, 1.54) is 0 Å². The van der Waals surface area contributed by atoms with Gasteiger partial charge in [0.15, 0.2) is 0 Å². The number of thioether (sulfide) groups is 1. The molecule has 1 atom stereocenters. The Labute approximate surface area is 185 Å². The van der Waals surface area contributed by atoms with Crippen molar-refractivity contribution in [2.75, 3.05) is 12.0 Å². The van der Waals surface area contributed by atoms with E-state index in [4.69, 9.17) is 16.0 Å². The fraction of sp³-hybridized carbons (Fsp3) is 0.217. The van der Waals surface area contributed by atoms with Crippen LogP contribution in [0.15, 0.2) is 71.1 Å². The van der Waals surface area contributed by atoms with Gasteiger partial charge in [-0.25, -0.2) is 0 Å². The van der Waals surface area contributed by atoms with Crippen LogP contribution in [0.2, 0.25) is 5.02 Å². The van der Waals surface area contributed by atoms with Gasteiger partial charge in [0.1, 0.15) is 17.6 Å². The van der Waals surface area contributed by atoms with E-state index < -0.39 is 6.04 Å². The molecule has 2 N–H and O–H groups in total. The van der Waals surface area contributed by atoms with Crippen LogP contribution in [0.4, 0.5) is 0 Å². The third kappa shape index (κ3) is 6.15. The number of rotatable bonds is 9. The first-order chi connectivity index (χ1) is 14.6. The van der Waals surface area contributed by atoms with Gasteiger partial charge in [0.05, 0.1) is 6.54 Å². The van der Waals surface area contributed by atoms with Crippen molar-refractivity contribution in [3.8, 4) is 11.3 Å². The number of hydrogen-bond donors (Lipinski definition) is 2. The first-order valence-corrected chi connectivity index (χ1v) is 11.3. The number of nitrogens with one attached hydrogen (secondary N) is 2. The van der Waals surface area contributed by atoms with Gasteiger partial charge < -0.3 is 15.1 Å². The molecule has 0 aliphatic carbocycles. The van der Waals surface area contributed by atoms with Crippen LogP contribution in [-0.4, -0.2) is 29.9 Å². The number of carbonyl (C=O) groups is 2. The first-order valence-electron chi connectivity index (χ1n) is 9.54. The Bertz CT molecular complexity index is 974. The van der Waals surface area contributed by atoms with Crippen molar-refractivity contribution in [2.24, 2.45) is 0 Å². The number of benzene rings is 2. The van der Waals surface area contributed by atoms with E-state index in [0.717, 1.165) is 11.3 Å². The number of hydrogen-bond acceptors (Lipinski definition) is 4. The molecule has 30 heavy (non-hydrogen) atoms. The van der Waals surface area contributed by atoms with E-state index in [9.17, 15) is 9.59 Å². The number of carbonyl (C=O) groups excluding carboxylic acids is 2. The van der Waals surface area contributed by atoms with Crippen molar-refractivity contribution in [1.82, 2.24) is 10.6 Å². The summed E-state index contributed by atoms with van der Waals surface area (Å²) in [4.78, 5) is 25.2. The lowest BCUT2D eigenvalue weighted by molar-refractivity contribution is -0.123. The Morgan fingerprint density at radius 3 is 2.47 bits per heavy atom. The quantitative estimate of drug-likeness (QED) is 0.500. The van der Waals surface area contributed by atoms with Crippen LogP contribution in [0.25, 0.3) is 11.3 Å². The Hall–Kier alpha value is -2.70. The minimum Gasteiger partial charge on any atom is -0.459 e. The van der Waals surface area contributed by atoms with Crippen molar-refractivity contribution in [3.05, 3.63) is 83.1 Å². The highest BCUT2D eigenvalue weighted by atomic mass is 35.5. The van der Waals surface area contributed by atoms with Gasteiger partial charge in [-0.2, -0.15) is 11.8 Å². The Balaban J connectivity index is 1.60. The maximum Gasteiger partial charge on any atom is 0.251 e. The molecule has 0 unspecified atom stereocenters. The van der Waals surface area contributed by atoms with Gasteiger partial charge in [0.25, 0.3) is 5.91 Å². The third-order valence-electron chi connectivity index (χ3n) is 4.50. The molecule has 0 saturated carbocycles. The molecule has 0 aliphatic rings. The summed E-state index contributed by atoms with van der Waals surface area (Å²) < 4.78 is 5.82. The second-order valence-electron chi connectivity index (χ2n) is 6.66. The maximum absolute atomic E-state index is 12.7. The van der Waals surface area contributed by atoms with E-state index in [-0.39, 0.29) is 18.4 Å². The summed E-state index contributed by atoms with van der Waals surface area (Å²) in [5.41, 5.74) is 1.43. The predicted octanol–water partition coefficient (Wildman–Crippen LogP) is 4.77. The lowest BCUT2D eigenvalue weighted by Crippen LogP contribution is -2.46. The Morgan fingerprint density at radius 2 is 1.77 bits per heavy atom. The van der Waals surface area contributed by atoms with Gasteiger partial charge in [-0.3, -0.25) is 9.59 Å². The summed E-state index contributed by atoms with van der Waals surface area (Å²) in [6.45, 7) is 0.239. The van der Waals surface area contributed by atoms with Crippen LogP contribution >= 0.6 is 23.4 Å². The molecular weight excluding hydrogens is 420 g/mol. The topological polar surface area (TPSA) is 71.3 Å². The Morgan fingerprint density at radius 1 is 1.03 bits per heavy atom. The molecule has 0 fully saturated rings. The summed E-state index contributed by atoms with van der Waals surface area (Å²) in [5.74, 6) is 1.59.